The summed E-state index contributed by atoms with van der Waals surface area (Å²) in [6, 6.07) is 2.36. The number of phenols is 2. The number of ether oxygens (including phenoxy) is 6. The molecule has 1 aromatic carbocycles. The van der Waals surface area contributed by atoms with Crippen molar-refractivity contribution in [1.82, 2.24) is 0 Å². The number of hydrogen-bond acceptors (Lipinski definition) is 17. The molecule has 0 amide bonds. The fraction of sp³-hybridized carbons (Fsp3) is 0.500. The first kappa shape index (κ1) is 32.8. The number of allylic oxidation sites excluding steroid dienone is 2. The molecule has 2 saturated heterocycles. The molecule has 17 nitrogen and oxygen atoms in total. The van der Waals surface area contributed by atoms with Gasteiger partial charge in [-0.1, -0.05) is 0 Å². The van der Waals surface area contributed by atoms with Crippen LogP contribution in [0.15, 0.2) is 53.2 Å². The average molecular weight is 643 g/mol. The first-order valence-corrected chi connectivity index (χ1v) is 13.7. The van der Waals surface area contributed by atoms with E-state index in [4.69, 9.17) is 28.4 Å². The molecule has 248 valence electrons. The number of aromatic hydroxyl groups is 2. The number of rotatable bonds is 8. The summed E-state index contributed by atoms with van der Waals surface area (Å²) in [4.78, 5) is 0. The van der Waals surface area contributed by atoms with Crippen LogP contribution in [0.4, 0.5) is 0 Å². The van der Waals surface area contributed by atoms with Crippen LogP contribution in [0.3, 0.4) is 0 Å². The van der Waals surface area contributed by atoms with E-state index in [0.717, 1.165) is 12.1 Å². The maximum absolute atomic E-state index is 10.6. The lowest BCUT2D eigenvalue weighted by Crippen LogP contribution is -2.59. The van der Waals surface area contributed by atoms with Crippen molar-refractivity contribution in [2.75, 3.05) is 20.3 Å². The van der Waals surface area contributed by atoms with Gasteiger partial charge >= 0.3 is 0 Å². The fourth-order valence-corrected chi connectivity index (χ4v) is 5.15. The maximum Gasteiger partial charge on any atom is 0.229 e. The summed E-state index contributed by atoms with van der Waals surface area (Å²) in [5.74, 6) is -2.36. The van der Waals surface area contributed by atoms with Gasteiger partial charge in [-0.2, -0.15) is 0 Å². The third-order valence-corrected chi connectivity index (χ3v) is 7.67. The Bertz CT molecular complexity index is 1380. The van der Waals surface area contributed by atoms with Crippen LogP contribution in [-0.2, 0) is 23.7 Å². The summed E-state index contributed by atoms with van der Waals surface area (Å²) in [7, 11) is 1.23. The van der Waals surface area contributed by atoms with Crippen molar-refractivity contribution in [3.05, 3.63) is 58.8 Å². The van der Waals surface area contributed by atoms with E-state index in [2.05, 4.69) is 0 Å². The zero-order valence-electron chi connectivity index (χ0n) is 23.5. The second kappa shape index (κ2) is 13.0. The van der Waals surface area contributed by atoms with Crippen molar-refractivity contribution in [3.63, 3.8) is 0 Å². The van der Waals surface area contributed by atoms with Crippen LogP contribution in [-0.4, -0.2) is 144 Å². The quantitative estimate of drug-likeness (QED) is 0.127. The first-order chi connectivity index (χ1) is 21.4. The van der Waals surface area contributed by atoms with Crippen LogP contribution in [0, 0.1) is 0 Å². The molecule has 1 aromatic rings. The van der Waals surface area contributed by atoms with Crippen molar-refractivity contribution in [2.45, 2.75) is 67.5 Å². The Morgan fingerprint density at radius 1 is 0.733 bits per heavy atom. The van der Waals surface area contributed by atoms with Crippen LogP contribution in [0.5, 0.6) is 17.2 Å². The molecule has 1 aliphatic carbocycles. The van der Waals surface area contributed by atoms with Gasteiger partial charge in [-0.3, -0.25) is 0 Å². The van der Waals surface area contributed by atoms with Gasteiger partial charge in [0, 0.05) is 23.3 Å². The molecule has 0 bridgehead atoms. The third kappa shape index (κ3) is 6.15. The predicted octanol–water partition coefficient (Wildman–Crippen LogP) is -2.93. The van der Waals surface area contributed by atoms with E-state index in [1.807, 2.05) is 0 Å². The molecule has 45 heavy (non-hydrogen) atoms. The molecule has 5 rings (SSSR count). The summed E-state index contributed by atoms with van der Waals surface area (Å²) in [5.41, 5.74) is 0.152. The Morgan fingerprint density at radius 3 is 1.87 bits per heavy atom. The second-order valence-electron chi connectivity index (χ2n) is 10.6. The number of methoxy groups -OCH3 is 1. The minimum absolute atomic E-state index is 0.0517. The molecule has 17 heteroatoms. The van der Waals surface area contributed by atoms with Gasteiger partial charge in [0.1, 0.15) is 66.5 Å². The molecule has 3 aliphatic heterocycles. The highest BCUT2D eigenvalue weighted by Crippen LogP contribution is 2.44. The summed E-state index contributed by atoms with van der Waals surface area (Å²) in [6.07, 6.45) is -14.1. The number of aliphatic hydroxyl groups is 9. The van der Waals surface area contributed by atoms with Gasteiger partial charge in [0.25, 0.3) is 0 Å². The Labute approximate surface area is 254 Å². The SMILES string of the molecule is COc1cc(C2=C(OC3OC(CO)C(O)C(O)C3O)C=C3C(OC4OC(CO)C(O)C(O)C4O)=CC(O)=CC3O2)cc(O)c1O. The lowest BCUT2D eigenvalue weighted by atomic mass is 9.96. The molecule has 11 unspecified atom stereocenters. The molecule has 11 atom stereocenters. The molecule has 11 N–H and O–H groups in total. The predicted molar refractivity (Wildman–Crippen MR) is 145 cm³/mol. The van der Waals surface area contributed by atoms with E-state index in [1.165, 1.54) is 25.3 Å². The van der Waals surface area contributed by atoms with Gasteiger partial charge < -0.3 is 84.6 Å². The highest BCUT2D eigenvalue weighted by molar-refractivity contribution is 5.72. The van der Waals surface area contributed by atoms with E-state index >= 15 is 0 Å². The highest BCUT2D eigenvalue weighted by atomic mass is 16.7. The van der Waals surface area contributed by atoms with Crippen molar-refractivity contribution in [1.29, 1.82) is 0 Å². The average Bonchev–Trinajstić information content (AvgIpc) is 3.02. The standard InChI is InChI=1S/C28H34O17/c1-40-15-3-9(2-12(32)19(15)33)26-16(43-28-25(39)23(37)21(35)18(8-30)45-28)6-11-13(41-26)4-10(31)5-14(11)42-27-24(38)22(36)20(34)17(7-29)44-27/h2-6,13,17-18,20-25,27-39H,7-8H2,1H3. The topological polar surface area (TPSA) is 278 Å². The summed E-state index contributed by atoms with van der Waals surface area (Å²) < 4.78 is 33.8. The molecule has 3 heterocycles. The molecule has 0 aromatic heterocycles. The smallest absolute Gasteiger partial charge is 0.229 e. The van der Waals surface area contributed by atoms with Gasteiger partial charge in [-0.05, 0) is 18.2 Å². The van der Waals surface area contributed by atoms with Gasteiger partial charge in [-0.25, -0.2) is 0 Å². The maximum atomic E-state index is 10.6. The zero-order valence-corrected chi connectivity index (χ0v) is 23.5. The minimum Gasteiger partial charge on any atom is -0.508 e. The number of phenolic OH excluding ortho intramolecular Hbond substituents is 2. The number of fused-ring (bicyclic) bond motifs is 1. The molecule has 0 saturated carbocycles. The van der Waals surface area contributed by atoms with Crippen LogP contribution in [0.25, 0.3) is 5.76 Å². The highest BCUT2D eigenvalue weighted by Gasteiger charge is 2.47. The number of hydrogen-bond donors (Lipinski definition) is 11. The monoisotopic (exact) mass is 642 g/mol. The summed E-state index contributed by atoms with van der Waals surface area (Å²) in [5, 5.41) is 112. The first-order valence-electron chi connectivity index (χ1n) is 13.7. The Kier molecular flexibility index (Phi) is 9.47. The lowest BCUT2D eigenvalue weighted by molar-refractivity contribution is -0.291. The lowest BCUT2D eigenvalue weighted by Gasteiger charge is -2.41. The molecular formula is C28H34O17. The van der Waals surface area contributed by atoms with Crippen LogP contribution in [0.1, 0.15) is 5.56 Å². The molecule has 4 aliphatic rings. The van der Waals surface area contributed by atoms with Gasteiger partial charge in [0.2, 0.25) is 18.3 Å². The third-order valence-electron chi connectivity index (χ3n) is 7.67. The fourth-order valence-electron chi connectivity index (χ4n) is 5.15. The van der Waals surface area contributed by atoms with E-state index in [0.29, 0.717) is 0 Å². The minimum atomic E-state index is -1.84. The number of benzene rings is 1. The van der Waals surface area contributed by atoms with E-state index in [-0.39, 0.29) is 39.9 Å². The van der Waals surface area contributed by atoms with Crippen LogP contribution >= 0.6 is 0 Å². The molecule has 0 spiro atoms. The summed E-state index contributed by atoms with van der Waals surface area (Å²) in [6.45, 7) is -1.47. The largest absolute Gasteiger partial charge is 0.508 e. The van der Waals surface area contributed by atoms with Crippen molar-refractivity contribution >= 4 is 5.76 Å². The second-order valence-corrected chi connectivity index (χ2v) is 10.6. The van der Waals surface area contributed by atoms with Crippen LogP contribution in [0.2, 0.25) is 0 Å². The van der Waals surface area contributed by atoms with Crippen molar-refractivity contribution in [3.8, 4) is 17.2 Å². The number of aliphatic hydroxyl groups excluding tert-OH is 9. The van der Waals surface area contributed by atoms with E-state index in [9.17, 15) is 56.2 Å². The Balaban J connectivity index is 1.57. The van der Waals surface area contributed by atoms with E-state index < -0.39 is 92.2 Å². The van der Waals surface area contributed by atoms with E-state index in [1.54, 1.807) is 0 Å². The van der Waals surface area contributed by atoms with Gasteiger partial charge in [0.05, 0.1) is 20.3 Å². The molecule has 2 fully saturated rings. The van der Waals surface area contributed by atoms with Gasteiger partial charge in [0.15, 0.2) is 23.0 Å². The van der Waals surface area contributed by atoms with Gasteiger partial charge in [-0.15, -0.1) is 0 Å². The summed E-state index contributed by atoms with van der Waals surface area (Å²) >= 11 is 0. The Morgan fingerprint density at radius 2 is 1.31 bits per heavy atom. The molecular weight excluding hydrogens is 608 g/mol. The van der Waals surface area contributed by atoms with Crippen molar-refractivity contribution < 1.29 is 84.6 Å². The Hall–Kier alpha value is -3.62. The van der Waals surface area contributed by atoms with Crippen molar-refractivity contribution in [2.24, 2.45) is 0 Å². The normalized spacial score (nSPS) is 36.6. The molecule has 0 radical (unpaired) electrons. The van der Waals surface area contributed by atoms with Crippen LogP contribution < -0.4 is 4.74 Å². The zero-order chi connectivity index (χ0) is 32.7.